The number of unbranched alkanes of at least 4 members (excludes halogenated alkanes) is 23. The molecule has 3 atom stereocenters. The number of rotatable bonds is 41. The minimum atomic E-state index is -4.71. The van der Waals surface area contributed by atoms with Crippen molar-refractivity contribution in [1.82, 2.24) is 0 Å². The number of phosphoric acid groups is 1. The van der Waals surface area contributed by atoms with Crippen LogP contribution in [0, 0.1) is 0 Å². The Balaban J connectivity index is 4.32. The predicted octanol–water partition coefficient (Wildman–Crippen LogP) is 11.5. The third-order valence-electron chi connectivity index (χ3n) is 9.45. The van der Waals surface area contributed by atoms with Gasteiger partial charge in [-0.3, -0.25) is 23.4 Å². The summed E-state index contributed by atoms with van der Waals surface area (Å²) in [6.07, 6.45) is 39.5. The van der Waals surface area contributed by atoms with Crippen LogP contribution < -0.4 is 5.73 Å². The van der Waals surface area contributed by atoms with Gasteiger partial charge in [0.2, 0.25) is 0 Å². The molecule has 0 bridgehead atoms. The molecule has 0 aliphatic heterocycles. The van der Waals surface area contributed by atoms with Crippen LogP contribution in [0.1, 0.15) is 200 Å². The van der Waals surface area contributed by atoms with Crippen LogP contribution in [0.25, 0.3) is 0 Å². The Kier molecular flexibility index (Phi) is 37.4. The largest absolute Gasteiger partial charge is 0.480 e. The van der Waals surface area contributed by atoms with Crippen LogP contribution in [0.2, 0.25) is 0 Å². The molecule has 0 aliphatic rings. The summed E-state index contributed by atoms with van der Waals surface area (Å²) >= 11 is 0. The first-order valence-electron chi connectivity index (χ1n) is 21.9. The smallest absolute Gasteiger partial charge is 0.472 e. The van der Waals surface area contributed by atoms with E-state index in [0.717, 1.165) is 51.4 Å². The van der Waals surface area contributed by atoms with Crippen molar-refractivity contribution >= 4 is 25.7 Å². The molecule has 0 rings (SSSR count). The van der Waals surface area contributed by atoms with Gasteiger partial charge in [-0.05, 0) is 44.9 Å². The number of carboxylic acid groups (broad SMARTS) is 1. The summed E-state index contributed by atoms with van der Waals surface area (Å²) in [5.41, 5.74) is 5.33. The zero-order valence-corrected chi connectivity index (χ0v) is 35.7. The number of nitrogens with two attached hydrogens (primary N) is 1. The summed E-state index contributed by atoms with van der Waals surface area (Å²) in [7, 11) is -4.71. The lowest BCUT2D eigenvalue weighted by Crippen LogP contribution is -2.34. The van der Waals surface area contributed by atoms with Crippen LogP contribution in [0.15, 0.2) is 24.3 Å². The summed E-state index contributed by atoms with van der Waals surface area (Å²) in [5.74, 6) is -2.38. The highest BCUT2D eigenvalue weighted by molar-refractivity contribution is 7.47. The molecule has 11 nitrogen and oxygen atoms in total. The van der Waals surface area contributed by atoms with Crippen molar-refractivity contribution in [2.24, 2.45) is 5.73 Å². The molecule has 0 aromatic rings. The van der Waals surface area contributed by atoms with Gasteiger partial charge in [-0.1, -0.05) is 167 Å². The van der Waals surface area contributed by atoms with E-state index < -0.39 is 51.1 Å². The number of ether oxygens (including phenoxy) is 2. The van der Waals surface area contributed by atoms with Gasteiger partial charge < -0.3 is 25.2 Å². The molecule has 322 valence electrons. The summed E-state index contributed by atoms with van der Waals surface area (Å²) in [6.45, 7) is 2.78. The summed E-state index contributed by atoms with van der Waals surface area (Å²) in [4.78, 5) is 45.9. The van der Waals surface area contributed by atoms with Gasteiger partial charge in [-0.15, -0.1) is 0 Å². The zero-order chi connectivity index (χ0) is 40.7. The molecule has 0 aromatic carbocycles. The van der Waals surface area contributed by atoms with Crippen molar-refractivity contribution in [2.75, 3.05) is 19.8 Å². The molecule has 0 aromatic heterocycles. The van der Waals surface area contributed by atoms with Crippen molar-refractivity contribution in [3.05, 3.63) is 24.3 Å². The molecule has 0 heterocycles. The average molecular weight is 802 g/mol. The lowest BCUT2D eigenvalue weighted by atomic mass is 10.0. The summed E-state index contributed by atoms with van der Waals surface area (Å²) in [5, 5.41) is 8.88. The topological polar surface area (TPSA) is 172 Å². The predicted molar refractivity (Wildman–Crippen MR) is 222 cm³/mol. The molecule has 4 N–H and O–H groups in total. The van der Waals surface area contributed by atoms with Crippen molar-refractivity contribution in [3.63, 3.8) is 0 Å². The Bertz CT molecular complexity index is 1040. The summed E-state index contributed by atoms with van der Waals surface area (Å²) < 4.78 is 32.7. The fourth-order valence-corrected chi connectivity index (χ4v) is 6.76. The standard InChI is InChI=1S/C43H80NO10P/c1-3-5-7-9-11-13-15-17-18-19-20-21-22-23-25-27-29-31-33-35-42(46)54-39(37-52-55(49,50)53-38-40(44)43(47)48)36-51-41(45)34-32-30-28-26-24-16-14-12-10-8-6-4-2/h11,13,17-18,39-40H,3-10,12,14-16,19-38,44H2,1-2H3,(H,47,48)(H,49,50)/b13-11-,18-17-. The molecular weight excluding hydrogens is 721 g/mol. The molecule has 55 heavy (non-hydrogen) atoms. The lowest BCUT2D eigenvalue weighted by Gasteiger charge is -2.20. The second kappa shape index (κ2) is 38.8. The zero-order valence-electron chi connectivity index (χ0n) is 34.8. The maximum atomic E-state index is 12.6. The first kappa shape index (κ1) is 53.0. The van der Waals surface area contributed by atoms with Crippen molar-refractivity contribution in [2.45, 2.75) is 212 Å². The maximum Gasteiger partial charge on any atom is 0.472 e. The molecule has 3 unspecified atom stereocenters. The first-order chi connectivity index (χ1) is 26.6. The number of carbonyl (C=O) groups excluding carboxylic acids is 2. The van der Waals surface area contributed by atoms with Crippen molar-refractivity contribution in [3.8, 4) is 0 Å². The van der Waals surface area contributed by atoms with E-state index in [9.17, 15) is 23.8 Å². The average Bonchev–Trinajstić information content (AvgIpc) is 3.16. The number of aliphatic carboxylic acids is 1. The van der Waals surface area contributed by atoms with Crippen LogP contribution in [0.3, 0.4) is 0 Å². The van der Waals surface area contributed by atoms with E-state index in [1.54, 1.807) is 0 Å². The van der Waals surface area contributed by atoms with Gasteiger partial charge >= 0.3 is 25.7 Å². The second-order valence-corrected chi connectivity index (χ2v) is 16.3. The number of allylic oxidation sites excluding steroid dienone is 4. The monoisotopic (exact) mass is 802 g/mol. The third kappa shape index (κ3) is 38.6. The summed E-state index contributed by atoms with van der Waals surface area (Å²) in [6, 6.07) is -1.52. The molecule has 0 saturated carbocycles. The fourth-order valence-electron chi connectivity index (χ4n) is 5.98. The van der Waals surface area contributed by atoms with E-state index in [1.165, 1.54) is 109 Å². The van der Waals surface area contributed by atoms with Gasteiger partial charge in [0, 0.05) is 12.8 Å². The second-order valence-electron chi connectivity index (χ2n) is 14.8. The normalized spacial score (nSPS) is 14.0. The first-order valence-corrected chi connectivity index (χ1v) is 23.4. The molecule has 12 heteroatoms. The molecule has 0 amide bonds. The van der Waals surface area contributed by atoms with Gasteiger partial charge in [-0.25, -0.2) is 4.57 Å². The molecular formula is C43H80NO10P. The number of hydrogen-bond acceptors (Lipinski definition) is 9. The number of phosphoric ester groups is 1. The lowest BCUT2D eigenvalue weighted by molar-refractivity contribution is -0.161. The van der Waals surface area contributed by atoms with E-state index in [2.05, 4.69) is 42.7 Å². The molecule has 0 aliphatic carbocycles. The van der Waals surface area contributed by atoms with Crippen LogP contribution in [0.5, 0.6) is 0 Å². The van der Waals surface area contributed by atoms with Crippen LogP contribution in [-0.2, 0) is 37.5 Å². The Hall–Kier alpha value is -2.04. The minimum absolute atomic E-state index is 0.159. The van der Waals surface area contributed by atoms with Gasteiger partial charge in [0.05, 0.1) is 13.2 Å². The number of esters is 2. The highest BCUT2D eigenvalue weighted by Crippen LogP contribution is 2.43. The third-order valence-corrected chi connectivity index (χ3v) is 10.4. The van der Waals surface area contributed by atoms with Crippen LogP contribution in [-0.4, -0.2) is 59.9 Å². The maximum absolute atomic E-state index is 12.6. The Morgan fingerprint density at radius 2 is 0.964 bits per heavy atom. The van der Waals surface area contributed by atoms with Crippen molar-refractivity contribution < 1.29 is 47.5 Å². The van der Waals surface area contributed by atoms with E-state index in [0.29, 0.717) is 12.8 Å². The number of carbonyl (C=O) groups is 3. The molecule has 0 saturated heterocycles. The number of hydrogen-bond donors (Lipinski definition) is 3. The Morgan fingerprint density at radius 3 is 1.45 bits per heavy atom. The van der Waals surface area contributed by atoms with Gasteiger partial charge in [0.25, 0.3) is 0 Å². The minimum Gasteiger partial charge on any atom is -0.480 e. The van der Waals surface area contributed by atoms with E-state index in [-0.39, 0.29) is 19.4 Å². The quantitative estimate of drug-likeness (QED) is 0.0232. The molecule has 0 spiro atoms. The van der Waals surface area contributed by atoms with Crippen LogP contribution in [0.4, 0.5) is 0 Å². The number of carboxylic acids is 1. The van der Waals surface area contributed by atoms with Crippen molar-refractivity contribution in [1.29, 1.82) is 0 Å². The van der Waals surface area contributed by atoms with E-state index in [4.69, 9.17) is 24.8 Å². The van der Waals surface area contributed by atoms with Gasteiger partial charge in [0.1, 0.15) is 12.6 Å². The molecule has 0 fully saturated rings. The van der Waals surface area contributed by atoms with Gasteiger partial charge in [-0.2, -0.15) is 0 Å². The fraction of sp³-hybridized carbons (Fsp3) is 0.837. The highest BCUT2D eigenvalue weighted by Gasteiger charge is 2.28. The van der Waals surface area contributed by atoms with E-state index in [1.807, 2.05) is 0 Å². The Morgan fingerprint density at radius 1 is 0.564 bits per heavy atom. The SMILES string of the molecule is CCCCC/C=C\C/C=C\CCCCCCCCCCCC(=O)OC(COC(=O)CCCCCCCCCCCCCC)COP(=O)(O)OCC(N)C(=O)O. The molecule has 0 radical (unpaired) electrons. The highest BCUT2D eigenvalue weighted by atomic mass is 31.2. The van der Waals surface area contributed by atoms with Crippen LogP contribution >= 0.6 is 7.82 Å². The Labute approximate surface area is 334 Å². The van der Waals surface area contributed by atoms with E-state index >= 15 is 0 Å². The van der Waals surface area contributed by atoms with Gasteiger partial charge in [0.15, 0.2) is 6.10 Å².